The van der Waals surface area contributed by atoms with Gasteiger partial charge >= 0.3 is 5.97 Å². The number of rotatable bonds is 13. The number of nitrogens with zero attached hydrogens (tertiary/aromatic N) is 3. The summed E-state index contributed by atoms with van der Waals surface area (Å²) in [5.74, 6) is -1.41. The van der Waals surface area contributed by atoms with Crippen molar-refractivity contribution in [3.05, 3.63) is 176 Å². The second kappa shape index (κ2) is 18.8. The van der Waals surface area contributed by atoms with Gasteiger partial charge in [-0.05, 0) is 112 Å². The molecule has 1 amide bonds. The van der Waals surface area contributed by atoms with Crippen molar-refractivity contribution in [3.63, 3.8) is 0 Å². The zero-order chi connectivity index (χ0) is 46.0. The number of amides is 1. The molecule has 8 rings (SSSR count). The van der Waals surface area contributed by atoms with E-state index in [1.165, 1.54) is 18.2 Å². The van der Waals surface area contributed by atoms with Crippen LogP contribution in [-0.2, 0) is 45.6 Å². The lowest BCUT2D eigenvalue weighted by Crippen LogP contribution is -2.55. The number of nitrogens with one attached hydrogen (secondary N) is 2. The van der Waals surface area contributed by atoms with Crippen LogP contribution in [0, 0.1) is 16.5 Å². The molecule has 0 aromatic heterocycles. The van der Waals surface area contributed by atoms with Gasteiger partial charge in [0.2, 0.25) is 15.9 Å². The molecule has 65 heavy (non-hydrogen) atoms. The summed E-state index contributed by atoms with van der Waals surface area (Å²) in [7, 11) is -4.61. The summed E-state index contributed by atoms with van der Waals surface area (Å²) in [5.41, 5.74) is 5.16. The third kappa shape index (κ3) is 9.87. The zero-order valence-electron chi connectivity index (χ0n) is 34.0. The Morgan fingerprint density at radius 2 is 1.62 bits per heavy atom. The van der Waals surface area contributed by atoms with Gasteiger partial charge in [0.25, 0.3) is 0 Å². The van der Waals surface area contributed by atoms with Gasteiger partial charge in [0.05, 0.1) is 37.9 Å². The van der Waals surface area contributed by atoms with Gasteiger partial charge in [-0.3, -0.25) is 10.0 Å². The normalized spacial score (nSPS) is 17.3. The van der Waals surface area contributed by atoms with E-state index >= 15 is 0 Å². The summed E-state index contributed by atoms with van der Waals surface area (Å²) in [5, 5.41) is 57.9. The maximum atomic E-state index is 14.4. The molecule has 2 heterocycles. The Hall–Kier alpha value is -6.68. The average Bonchev–Trinajstić information content (AvgIpc) is 3.31. The largest absolute Gasteiger partial charge is 0.733 e. The fourth-order valence-electron chi connectivity index (χ4n) is 7.69. The van der Waals surface area contributed by atoms with Crippen molar-refractivity contribution in [3.8, 4) is 28.7 Å². The Bertz CT molecular complexity index is 2910. The Morgan fingerprint density at radius 3 is 2.28 bits per heavy atom. The van der Waals surface area contributed by atoms with Crippen LogP contribution in [0.15, 0.2) is 132 Å². The van der Waals surface area contributed by atoms with E-state index in [-0.39, 0.29) is 31.7 Å². The maximum absolute atomic E-state index is 14.4. The molecule has 2 aliphatic rings. The van der Waals surface area contributed by atoms with E-state index in [1.807, 2.05) is 0 Å². The molecule has 4 atom stereocenters. The number of nitriles is 1. The molecule has 2 aliphatic heterocycles. The van der Waals surface area contributed by atoms with Gasteiger partial charge in [-0.2, -0.15) is 9.57 Å². The van der Waals surface area contributed by atoms with Crippen molar-refractivity contribution in [2.75, 3.05) is 10.5 Å². The van der Waals surface area contributed by atoms with E-state index in [0.717, 1.165) is 27.1 Å². The molecule has 6 aromatic carbocycles. The molecule has 0 saturated heterocycles. The van der Waals surface area contributed by atoms with Crippen LogP contribution in [0.5, 0.6) is 11.5 Å². The van der Waals surface area contributed by atoms with E-state index in [4.69, 9.17) is 37.9 Å². The molecule has 18 heteroatoms. The minimum Gasteiger partial charge on any atom is -0.733 e. The molecular formula is C47H38Cl2N5O10S-. The summed E-state index contributed by atoms with van der Waals surface area (Å²) in [4.78, 5) is 26.5. The topological polar surface area (TPSA) is 225 Å². The number of aliphatic carboxylic acids is 1. The van der Waals surface area contributed by atoms with Gasteiger partial charge in [-0.15, -0.1) is 0 Å². The van der Waals surface area contributed by atoms with Gasteiger partial charge in [0.1, 0.15) is 30.2 Å². The Balaban J connectivity index is 1.04. The molecule has 0 spiro atoms. The van der Waals surface area contributed by atoms with Crippen LogP contribution in [-0.4, -0.2) is 58.3 Å². The highest BCUT2D eigenvalue weighted by Crippen LogP contribution is 2.42. The molecule has 2 unspecified atom stereocenters. The van der Waals surface area contributed by atoms with Gasteiger partial charge in [0.15, 0.2) is 12.3 Å². The van der Waals surface area contributed by atoms with E-state index in [2.05, 4.69) is 16.7 Å². The van der Waals surface area contributed by atoms with Crippen molar-refractivity contribution in [1.29, 1.82) is 5.26 Å². The maximum Gasteiger partial charge on any atom is 0.326 e. The fourth-order valence-corrected chi connectivity index (χ4v) is 9.61. The van der Waals surface area contributed by atoms with Crippen molar-refractivity contribution < 1.29 is 42.9 Å². The number of aliphatic hydroxyl groups excluding tert-OH is 1. The lowest BCUT2D eigenvalue weighted by molar-refractivity contribution is -0.142. The molecule has 0 fully saturated rings. The predicted octanol–water partition coefficient (Wildman–Crippen LogP) is 7.60. The summed E-state index contributed by atoms with van der Waals surface area (Å²) in [6.45, 7) is -0.140. The highest BCUT2D eigenvalue weighted by molar-refractivity contribution is 7.89. The SMILES string of the molecule is N#Cc1ccc(-c2ccc(C[C@H](NC(=O)[C@@H]3Cc4cc5c(cc4CN3S(=O)(=O)c3cccc(N([O-])O)c3)OC(c3ccc(OCc4ccc(Cl)c(Cl)c4)cc3)C(O)N5)C(=O)O)cc2)cc1. The molecule has 5 N–H and O–H groups in total. The summed E-state index contributed by atoms with van der Waals surface area (Å²) in [6.07, 6.45) is -2.47. The van der Waals surface area contributed by atoms with E-state index in [0.29, 0.717) is 55.0 Å². The number of benzene rings is 6. The number of hydrogen-bond acceptors (Lipinski definition) is 12. The van der Waals surface area contributed by atoms with E-state index in [9.17, 15) is 38.6 Å². The van der Waals surface area contributed by atoms with Gasteiger partial charge < -0.3 is 40.8 Å². The Morgan fingerprint density at radius 1 is 0.923 bits per heavy atom. The number of carboxylic acids is 1. The smallest absolute Gasteiger partial charge is 0.326 e. The molecule has 0 bridgehead atoms. The van der Waals surface area contributed by atoms with Crippen LogP contribution in [0.2, 0.25) is 10.0 Å². The number of aliphatic hydroxyl groups is 1. The molecule has 0 aliphatic carbocycles. The van der Waals surface area contributed by atoms with Crippen LogP contribution in [0.3, 0.4) is 0 Å². The average molecular weight is 936 g/mol. The second-order valence-electron chi connectivity index (χ2n) is 15.4. The van der Waals surface area contributed by atoms with E-state index < -0.39 is 56.4 Å². The number of carbonyl (C=O) groups excluding carboxylic acids is 1. The number of carboxylic acid groups (broad SMARTS) is 1. The van der Waals surface area contributed by atoms with Crippen LogP contribution < -0.4 is 25.3 Å². The second-order valence-corrected chi connectivity index (χ2v) is 18.1. The highest BCUT2D eigenvalue weighted by Gasteiger charge is 2.42. The molecule has 0 saturated carbocycles. The predicted molar refractivity (Wildman–Crippen MR) is 241 cm³/mol. The first-order valence-corrected chi connectivity index (χ1v) is 22.2. The van der Waals surface area contributed by atoms with Gasteiger partial charge in [-0.1, -0.05) is 83.9 Å². The number of sulfonamides is 1. The molecule has 332 valence electrons. The first kappa shape index (κ1) is 44.9. The third-order valence-electron chi connectivity index (χ3n) is 11.1. The summed E-state index contributed by atoms with van der Waals surface area (Å²) in [6, 6.07) is 33.1. The van der Waals surface area contributed by atoms with Crippen LogP contribution in [0.4, 0.5) is 11.4 Å². The first-order chi connectivity index (χ1) is 31.2. The summed E-state index contributed by atoms with van der Waals surface area (Å²) >= 11 is 12.2. The lowest BCUT2D eigenvalue weighted by atomic mass is 9.93. The number of ether oxygens (including phenoxy) is 2. The number of fused-ring (bicyclic) bond motifs is 2. The lowest BCUT2D eigenvalue weighted by Gasteiger charge is -2.38. The van der Waals surface area contributed by atoms with Crippen molar-refractivity contribution in [1.82, 2.24) is 9.62 Å². The first-order valence-electron chi connectivity index (χ1n) is 20.0. The van der Waals surface area contributed by atoms with Crippen LogP contribution >= 0.6 is 23.2 Å². The van der Waals surface area contributed by atoms with Crippen molar-refractivity contribution >= 4 is 56.5 Å². The van der Waals surface area contributed by atoms with E-state index in [1.54, 1.807) is 103 Å². The van der Waals surface area contributed by atoms with Gasteiger partial charge in [0, 0.05) is 13.0 Å². The molecule has 0 radical (unpaired) electrons. The quantitative estimate of drug-likeness (QED) is 0.0705. The Kier molecular flexibility index (Phi) is 13.0. The Labute approximate surface area is 383 Å². The molecule has 15 nitrogen and oxygen atoms in total. The van der Waals surface area contributed by atoms with Gasteiger partial charge in [-0.25, -0.2) is 13.2 Å². The fraction of sp³-hybridized carbons (Fsp3) is 0.170. The monoisotopic (exact) mass is 934 g/mol. The van der Waals surface area contributed by atoms with Crippen molar-refractivity contribution in [2.24, 2.45) is 0 Å². The standard InChI is InChI=1S/C47H38Cl2N5O10S/c48-38-17-8-29(18-39(38)49)26-63-36-15-13-32(14-16-36)44-46(56)51-40-20-33-21-42(53(25-34(33)22-43(40)64-44)65(61,62)37-3-1-2-35(23-37)54(59)60)45(55)52-41(47(57)58)19-27-4-9-30(10-5-27)31-11-6-28(24-50)7-12-31/h1-18,20,22-23,41-42,44,46,51,56,59H,19,21,25-26H2,(H,52,55)(H,57,58)/q-1/t41-,42-,44?,46?/m0/s1. The minimum atomic E-state index is -4.61. The van der Waals surface area contributed by atoms with Crippen molar-refractivity contribution in [2.45, 2.75) is 55.3 Å². The van der Waals surface area contributed by atoms with Crippen LogP contribution in [0.1, 0.15) is 39.5 Å². The summed E-state index contributed by atoms with van der Waals surface area (Å²) < 4.78 is 42.0. The molecule has 6 aromatic rings. The van der Waals surface area contributed by atoms with Crippen LogP contribution in [0.25, 0.3) is 11.1 Å². The number of anilines is 2. The highest BCUT2D eigenvalue weighted by atomic mass is 35.5. The number of hydrogen-bond donors (Lipinski definition) is 5. The third-order valence-corrected chi connectivity index (χ3v) is 13.7. The zero-order valence-corrected chi connectivity index (χ0v) is 36.3. The minimum absolute atomic E-state index is 0.134. The number of halogens is 2. The molecular weight excluding hydrogens is 898 g/mol. The number of carbonyl (C=O) groups is 2.